The van der Waals surface area contributed by atoms with Crippen LogP contribution < -0.4 is 11.3 Å². The van der Waals surface area contributed by atoms with E-state index in [9.17, 15) is 4.79 Å². The highest BCUT2D eigenvalue weighted by Crippen LogP contribution is 2.37. The Morgan fingerprint density at radius 2 is 1.53 bits per heavy atom. The number of rotatable bonds is 4. The van der Waals surface area contributed by atoms with Gasteiger partial charge in [0.15, 0.2) is 0 Å². The van der Waals surface area contributed by atoms with Crippen LogP contribution in [0, 0.1) is 0 Å². The van der Waals surface area contributed by atoms with Gasteiger partial charge in [-0.3, -0.25) is 4.79 Å². The van der Waals surface area contributed by atoms with Crippen LogP contribution in [0.5, 0.6) is 0 Å². The Bertz CT molecular complexity index is 1470. The summed E-state index contributed by atoms with van der Waals surface area (Å²) in [5.74, 6) is 0. The van der Waals surface area contributed by atoms with E-state index >= 15 is 0 Å². The summed E-state index contributed by atoms with van der Waals surface area (Å²) in [7, 11) is 3.75. The molecule has 0 spiro atoms. The normalized spacial score (nSPS) is 13.2. The summed E-state index contributed by atoms with van der Waals surface area (Å²) in [5.41, 5.74) is 11.8. The van der Waals surface area contributed by atoms with Crippen molar-refractivity contribution in [3.05, 3.63) is 125 Å². The van der Waals surface area contributed by atoms with E-state index in [0.717, 1.165) is 38.9 Å². The van der Waals surface area contributed by atoms with Crippen molar-refractivity contribution in [1.29, 1.82) is 0 Å². The summed E-state index contributed by atoms with van der Waals surface area (Å²) in [6, 6.07) is 27.8. The highest BCUT2D eigenvalue weighted by molar-refractivity contribution is 5.95. The zero-order valence-corrected chi connectivity index (χ0v) is 18.1. The molecule has 2 aromatic heterocycles. The van der Waals surface area contributed by atoms with Crippen molar-refractivity contribution in [2.24, 2.45) is 19.8 Å². The summed E-state index contributed by atoms with van der Waals surface area (Å²) in [6.07, 6.45) is 3.58. The molecule has 5 rings (SSSR count). The molecule has 158 valence electrons. The third-order valence-corrected chi connectivity index (χ3v) is 6.24. The van der Waals surface area contributed by atoms with Crippen LogP contribution in [0.15, 0.2) is 102 Å². The Kier molecular flexibility index (Phi) is 4.76. The third-order valence-electron chi connectivity index (χ3n) is 6.24. The lowest BCUT2D eigenvalue weighted by molar-refractivity contribution is 0.596. The molecule has 5 aromatic rings. The van der Waals surface area contributed by atoms with Crippen LogP contribution in [0.25, 0.3) is 22.0 Å². The zero-order chi connectivity index (χ0) is 22.3. The highest BCUT2D eigenvalue weighted by Gasteiger charge is 2.35. The van der Waals surface area contributed by atoms with Gasteiger partial charge in [0, 0.05) is 25.5 Å². The Balaban J connectivity index is 1.85. The summed E-state index contributed by atoms with van der Waals surface area (Å²) in [4.78, 5) is 17.0. The minimum Gasteiger partial charge on any atom is -0.336 e. The van der Waals surface area contributed by atoms with Crippen molar-refractivity contribution in [2.45, 2.75) is 5.54 Å². The number of nitrogens with zero attached hydrogens (tertiary/aromatic N) is 3. The monoisotopic (exact) mass is 420 g/mol. The third kappa shape index (κ3) is 3.06. The molecule has 2 heterocycles. The van der Waals surface area contributed by atoms with Gasteiger partial charge in [0.25, 0.3) is 5.56 Å². The van der Waals surface area contributed by atoms with Gasteiger partial charge < -0.3 is 14.9 Å². The standard InChI is InChI=1S/C27H24N4O/c1-30-18-29-17-25(30)27(28,20-11-7-4-8-12-20)21-13-14-24-23(15-21)22(16-26(32)31(24)2)19-9-5-3-6-10-19/h3-18H,28H2,1-2H3. The molecule has 0 radical (unpaired) electrons. The van der Waals surface area contributed by atoms with Crippen molar-refractivity contribution in [2.75, 3.05) is 0 Å². The molecule has 0 amide bonds. The van der Waals surface area contributed by atoms with Gasteiger partial charge >= 0.3 is 0 Å². The molecule has 5 nitrogen and oxygen atoms in total. The molecule has 0 fully saturated rings. The van der Waals surface area contributed by atoms with Gasteiger partial charge in [0.2, 0.25) is 0 Å². The van der Waals surface area contributed by atoms with Crippen molar-refractivity contribution in [3.63, 3.8) is 0 Å². The molecule has 0 saturated heterocycles. The summed E-state index contributed by atoms with van der Waals surface area (Å²) in [5, 5.41) is 0.976. The predicted molar refractivity (Wildman–Crippen MR) is 128 cm³/mol. The van der Waals surface area contributed by atoms with E-state index in [1.807, 2.05) is 90.6 Å². The van der Waals surface area contributed by atoms with Gasteiger partial charge in [-0.25, -0.2) is 4.98 Å². The minimum absolute atomic E-state index is 0.0437. The van der Waals surface area contributed by atoms with Crippen LogP contribution in [-0.2, 0) is 19.6 Å². The van der Waals surface area contributed by atoms with Crippen LogP contribution in [0.1, 0.15) is 16.8 Å². The fourth-order valence-electron chi connectivity index (χ4n) is 4.46. The molecule has 0 aliphatic heterocycles. The number of nitrogens with two attached hydrogens (primary N) is 1. The molecule has 2 N–H and O–H groups in total. The highest BCUT2D eigenvalue weighted by atomic mass is 16.1. The summed E-state index contributed by atoms with van der Waals surface area (Å²) < 4.78 is 3.63. The van der Waals surface area contributed by atoms with Gasteiger partial charge in [-0.05, 0) is 34.4 Å². The van der Waals surface area contributed by atoms with Crippen LogP contribution in [0.3, 0.4) is 0 Å². The second kappa shape index (κ2) is 7.62. The van der Waals surface area contributed by atoms with Gasteiger partial charge in [-0.1, -0.05) is 66.7 Å². The molecule has 0 aliphatic carbocycles. The van der Waals surface area contributed by atoms with E-state index < -0.39 is 5.54 Å². The fraction of sp³-hybridized carbons (Fsp3) is 0.111. The molecule has 0 aliphatic rings. The molecular formula is C27H24N4O. The van der Waals surface area contributed by atoms with E-state index in [0.29, 0.717) is 0 Å². The minimum atomic E-state index is -0.913. The summed E-state index contributed by atoms with van der Waals surface area (Å²) in [6.45, 7) is 0. The lowest BCUT2D eigenvalue weighted by atomic mass is 9.80. The van der Waals surface area contributed by atoms with E-state index in [-0.39, 0.29) is 5.56 Å². The van der Waals surface area contributed by atoms with Crippen molar-refractivity contribution >= 4 is 10.9 Å². The van der Waals surface area contributed by atoms with Crippen LogP contribution in [0.2, 0.25) is 0 Å². The number of fused-ring (bicyclic) bond motifs is 1. The molecule has 0 saturated carbocycles. The van der Waals surface area contributed by atoms with E-state index in [1.165, 1.54) is 0 Å². The SMILES string of the molecule is Cn1cncc1C(N)(c1ccccc1)c1ccc2c(c1)c(-c1ccccc1)cc(=O)n2C. The average molecular weight is 421 g/mol. The Hall–Kier alpha value is -3.96. The Morgan fingerprint density at radius 3 is 2.19 bits per heavy atom. The number of imidazole rings is 1. The number of hydrogen-bond acceptors (Lipinski definition) is 3. The molecule has 5 heteroatoms. The van der Waals surface area contributed by atoms with Crippen LogP contribution in [0.4, 0.5) is 0 Å². The first-order chi connectivity index (χ1) is 15.5. The molecule has 32 heavy (non-hydrogen) atoms. The maximum absolute atomic E-state index is 12.7. The van der Waals surface area contributed by atoms with E-state index in [2.05, 4.69) is 11.1 Å². The quantitative estimate of drug-likeness (QED) is 0.474. The molecule has 0 bridgehead atoms. The zero-order valence-electron chi connectivity index (χ0n) is 18.1. The Labute approximate surface area is 186 Å². The molecular weight excluding hydrogens is 396 g/mol. The van der Waals surface area contributed by atoms with Crippen molar-refractivity contribution in [1.82, 2.24) is 14.1 Å². The topological polar surface area (TPSA) is 65.8 Å². The average Bonchev–Trinajstić information content (AvgIpc) is 3.28. The first-order valence-corrected chi connectivity index (χ1v) is 10.5. The van der Waals surface area contributed by atoms with Crippen LogP contribution >= 0.6 is 0 Å². The number of pyridine rings is 1. The van der Waals surface area contributed by atoms with Gasteiger partial charge in [-0.2, -0.15) is 0 Å². The van der Waals surface area contributed by atoms with Crippen LogP contribution in [-0.4, -0.2) is 14.1 Å². The lowest BCUT2D eigenvalue weighted by Gasteiger charge is -2.31. The van der Waals surface area contributed by atoms with Gasteiger partial charge in [0.1, 0.15) is 5.54 Å². The number of aromatic nitrogens is 3. The fourth-order valence-corrected chi connectivity index (χ4v) is 4.46. The maximum Gasteiger partial charge on any atom is 0.251 e. The number of hydrogen-bond donors (Lipinski definition) is 1. The second-order valence-corrected chi connectivity index (χ2v) is 8.12. The van der Waals surface area contributed by atoms with Crippen molar-refractivity contribution in [3.8, 4) is 11.1 Å². The maximum atomic E-state index is 12.7. The lowest BCUT2D eigenvalue weighted by Crippen LogP contribution is -2.41. The smallest absolute Gasteiger partial charge is 0.251 e. The molecule has 1 atom stereocenters. The number of benzene rings is 3. The van der Waals surface area contributed by atoms with Crippen molar-refractivity contribution < 1.29 is 0 Å². The summed E-state index contributed by atoms with van der Waals surface area (Å²) >= 11 is 0. The van der Waals surface area contributed by atoms with E-state index in [4.69, 9.17) is 5.73 Å². The van der Waals surface area contributed by atoms with Gasteiger partial charge in [-0.15, -0.1) is 0 Å². The predicted octanol–water partition coefficient (Wildman–Crippen LogP) is 4.19. The van der Waals surface area contributed by atoms with Gasteiger partial charge in [0.05, 0.1) is 23.7 Å². The molecule has 1 unspecified atom stereocenters. The largest absolute Gasteiger partial charge is 0.336 e. The second-order valence-electron chi connectivity index (χ2n) is 8.12. The first-order valence-electron chi connectivity index (χ1n) is 10.5. The number of aryl methyl sites for hydroxylation is 2. The first kappa shape index (κ1) is 20.0. The Morgan fingerprint density at radius 1 is 0.844 bits per heavy atom. The molecule has 3 aromatic carbocycles. The van der Waals surface area contributed by atoms with E-state index in [1.54, 1.807) is 24.0 Å².